The van der Waals surface area contributed by atoms with Crippen molar-refractivity contribution in [3.8, 4) is 5.75 Å². The third-order valence-corrected chi connectivity index (χ3v) is 3.53. The zero-order valence-electron chi connectivity index (χ0n) is 12.3. The fourth-order valence-corrected chi connectivity index (χ4v) is 3.16. The van der Waals surface area contributed by atoms with Crippen LogP contribution in [0.3, 0.4) is 0 Å². The van der Waals surface area contributed by atoms with Crippen molar-refractivity contribution in [1.29, 1.82) is 0 Å². The van der Waals surface area contributed by atoms with Crippen LogP contribution in [0, 0.1) is 0 Å². The Balaban J connectivity index is 2.13. The number of nitrogens with zero attached hydrogens (tertiary/aromatic N) is 1. The highest BCUT2D eigenvalue weighted by Crippen LogP contribution is 2.30. The van der Waals surface area contributed by atoms with Crippen LogP contribution < -0.4 is 5.32 Å². The van der Waals surface area contributed by atoms with Gasteiger partial charge in [-0.15, -0.1) is 0 Å². The van der Waals surface area contributed by atoms with Crippen LogP contribution in [0.25, 0.3) is 0 Å². The summed E-state index contributed by atoms with van der Waals surface area (Å²) < 4.78 is 0. The lowest BCUT2D eigenvalue weighted by Gasteiger charge is -2.45. The summed E-state index contributed by atoms with van der Waals surface area (Å²) in [5.41, 5.74) is 0.988. The Morgan fingerprint density at radius 2 is 1.74 bits per heavy atom. The lowest BCUT2D eigenvalue weighted by molar-refractivity contribution is 0.164. The molecular formula is C16H24N2O. The van der Waals surface area contributed by atoms with Crippen LogP contribution in [-0.2, 0) is 0 Å². The second kappa shape index (κ2) is 4.97. The molecule has 0 atom stereocenters. The van der Waals surface area contributed by atoms with E-state index in [9.17, 15) is 5.11 Å². The molecule has 0 bridgehead atoms. The number of aromatic hydroxyl groups is 1. The van der Waals surface area contributed by atoms with E-state index in [-0.39, 0.29) is 11.1 Å². The molecule has 1 heterocycles. The third-order valence-electron chi connectivity index (χ3n) is 3.53. The number of hydrogen-bond donors (Lipinski definition) is 2. The van der Waals surface area contributed by atoms with E-state index in [2.05, 4.69) is 38.0 Å². The van der Waals surface area contributed by atoms with Gasteiger partial charge in [-0.25, -0.2) is 0 Å². The molecular weight excluding hydrogens is 236 g/mol. The molecule has 0 amide bonds. The summed E-state index contributed by atoms with van der Waals surface area (Å²) in [4.78, 5) is 4.68. The highest BCUT2D eigenvalue weighted by atomic mass is 16.3. The summed E-state index contributed by atoms with van der Waals surface area (Å²) in [5, 5.41) is 13.4. The molecule has 3 heteroatoms. The molecule has 1 aliphatic rings. The molecule has 1 aliphatic heterocycles. The fraction of sp³-hybridized carbons (Fsp3) is 0.562. The average molecular weight is 260 g/mol. The Kier molecular flexibility index (Phi) is 3.68. The van der Waals surface area contributed by atoms with E-state index in [4.69, 9.17) is 0 Å². The van der Waals surface area contributed by atoms with Crippen LogP contribution in [0.4, 0.5) is 0 Å². The minimum atomic E-state index is 0.0997. The van der Waals surface area contributed by atoms with Crippen molar-refractivity contribution in [2.45, 2.75) is 57.7 Å². The first-order valence-electron chi connectivity index (χ1n) is 6.88. The fourth-order valence-electron chi connectivity index (χ4n) is 3.16. The summed E-state index contributed by atoms with van der Waals surface area (Å²) in [7, 11) is 0. The maximum atomic E-state index is 9.74. The molecule has 2 rings (SSSR count). The predicted molar refractivity (Wildman–Crippen MR) is 80.0 cm³/mol. The number of benzene rings is 1. The van der Waals surface area contributed by atoms with Crippen molar-refractivity contribution in [1.82, 2.24) is 5.32 Å². The zero-order valence-corrected chi connectivity index (χ0v) is 12.3. The first-order valence-corrected chi connectivity index (χ1v) is 6.88. The van der Waals surface area contributed by atoms with Crippen molar-refractivity contribution in [2.24, 2.45) is 4.99 Å². The van der Waals surface area contributed by atoms with Gasteiger partial charge in [-0.3, -0.25) is 4.99 Å². The van der Waals surface area contributed by atoms with Gasteiger partial charge in [0.2, 0.25) is 0 Å². The second-order valence-electron chi connectivity index (χ2n) is 6.79. The van der Waals surface area contributed by atoms with Gasteiger partial charge in [0.25, 0.3) is 0 Å². The number of piperidine rings is 1. The van der Waals surface area contributed by atoms with Crippen molar-refractivity contribution < 1.29 is 5.11 Å². The van der Waals surface area contributed by atoms with Gasteiger partial charge in [0.1, 0.15) is 5.75 Å². The highest BCUT2D eigenvalue weighted by Gasteiger charge is 2.37. The van der Waals surface area contributed by atoms with Gasteiger partial charge < -0.3 is 10.4 Å². The number of para-hydroxylation sites is 1. The lowest BCUT2D eigenvalue weighted by atomic mass is 9.80. The van der Waals surface area contributed by atoms with Gasteiger partial charge >= 0.3 is 0 Å². The normalized spacial score (nSPS) is 22.7. The van der Waals surface area contributed by atoms with Crippen LogP contribution in [0.15, 0.2) is 29.3 Å². The van der Waals surface area contributed by atoms with Crippen molar-refractivity contribution in [3.63, 3.8) is 0 Å². The monoisotopic (exact) mass is 260 g/mol. The Bertz CT molecular complexity index is 461. The van der Waals surface area contributed by atoms with Gasteiger partial charge in [0.05, 0.1) is 6.04 Å². The Morgan fingerprint density at radius 1 is 1.16 bits per heavy atom. The first-order chi connectivity index (χ1) is 8.77. The average Bonchev–Trinajstić information content (AvgIpc) is 2.23. The molecule has 0 aromatic heterocycles. The number of phenolic OH excluding ortho intramolecular Hbond substituents is 1. The van der Waals surface area contributed by atoms with Gasteiger partial charge in [-0.05, 0) is 52.7 Å². The van der Waals surface area contributed by atoms with Gasteiger partial charge in [-0.1, -0.05) is 12.1 Å². The molecule has 104 valence electrons. The molecule has 0 saturated carbocycles. The Morgan fingerprint density at radius 3 is 2.32 bits per heavy atom. The minimum absolute atomic E-state index is 0.0997. The van der Waals surface area contributed by atoms with Crippen LogP contribution in [0.2, 0.25) is 0 Å². The summed E-state index contributed by atoms with van der Waals surface area (Å²) in [5.74, 6) is 0.290. The smallest absolute Gasteiger partial charge is 0.124 e. The van der Waals surface area contributed by atoms with Crippen molar-refractivity contribution in [2.75, 3.05) is 0 Å². The molecule has 1 saturated heterocycles. The Hall–Kier alpha value is -1.35. The van der Waals surface area contributed by atoms with Crippen molar-refractivity contribution in [3.05, 3.63) is 29.8 Å². The Labute approximate surface area is 115 Å². The van der Waals surface area contributed by atoms with Gasteiger partial charge in [0, 0.05) is 22.9 Å². The molecule has 0 unspecified atom stereocenters. The maximum Gasteiger partial charge on any atom is 0.124 e. The van der Waals surface area contributed by atoms with Gasteiger partial charge in [-0.2, -0.15) is 0 Å². The molecule has 0 radical (unpaired) electrons. The molecule has 1 aromatic rings. The lowest BCUT2D eigenvalue weighted by Crippen LogP contribution is -2.58. The number of hydrogen-bond acceptors (Lipinski definition) is 3. The summed E-state index contributed by atoms with van der Waals surface area (Å²) in [6.07, 6.45) is 3.83. The maximum absolute atomic E-state index is 9.74. The van der Waals surface area contributed by atoms with E-state index < -0.39 is 0 Å². The predicted octanol–water partition coefficient (Wildman–Crippen LogP) is 3.12. The highest BCUT2D eigenvalue weighted by molar-refractivity contribution is 5.83. The van der Waals surface area contributed by atoms with Crippen LogP contribution in [0.1, 0.15) is 46.1 Å². The van der Waals surface area contributed by atoms with Crippen LogP contribution >= 0.6 is 0 Å². The topological polar surface area (TPSA) is 44.6 Å². The van der Waals surface area contributed by atoms with Crippen LogP contribution in [-0.4, -0.2) is 28.4 Å². The van der Waals surface area contributed by atoms with Gasteiger partial charge in [0.15, 0.2) is 0 Å². The summed E-state index contributed by atoms with van der Waals surface area (Å²) in [6.45, 7) is 8.87. The van der Waals surface area contributed by atoms with E-state index in [1.807, 2.05) is 18.2 Å². The molecule has 2 N–H and O–H groups in total. The molecule has 1 aromatic carbocycles. The largest absolute Gasteiger partial charge is 0.507 e. The summed E-state index contributed by atoms with van der Waals surface area (Å²) >= 11 is 0. The van der Waals surface area contributed by atoms with Crippen LogP contribution in [0.5, 0.6) is 5.75 Å². The number of nitrogens with one attached hydrogen (secondary N) is 1. The molecule has 0 spiro atoms. The standard InChI is InChI=1S/C16H24N2O/c1-15(2)9-13(10-16(3,4)18-15)17-11-12-7-5-6-8-14(12)19/h5-8,11,13,18-19H,9-10H2,1-4H3. The second-order valence-corrected chi connectivity index (χ2v) is 6.79. The van der Waals surface area contributed by atoms with E-state index in [0.29, 0.717) is 11.8 Å². The minimum Gasteiger partial charge on any atom is -0.507 e. The quantitative estimate of drug-likeness (QED) is 0.802. The molecule has 3 nitrogen and oxygen atoms in total. The number of rotatable bonds is 2. The summed E-state index contributed by atoms with van der Waals surface area (Å²) in [6, 6.07) is 7.61. The number of phenols is 1. The van der Waals surface area contributed by atoms with E-state index >= 15 is 0 Å². The number of aliphatic imine (C=N–C) groups is 1. The van der Waals surface area contributed by atoms with E-state index in [1.165, 1.54) is 0 Å². The van der Waals surface area contributed by atoms with E-state index in [0.717, 1.165) is 18.4 Å². The van der Waals surface area contributed by atoms with E-state index in [1.54, 1.807) is 12.3 Å². The van der Waals surface area contributed by atoms with Crippen molar-refractivity contribution >= 4 is 6.21 Å². The first kappa shape index (κ1) is 14.1. The molecule has 19 heavy (non-hydrogen) atoms. The third kappa shape index (κ3) is 3.80. The molecule has 1 fully saturated rings. The molecule has 0 aliphatic carbocycles. The SMILES string of the molecule is CC1(C)CC(N=Cc2ccccc2O)CC(C)(C)N1. The zero-order chi connectivity index (χ0) is 14.1.